The Morgan fingerprint density at radius 1 is 1.32 bits per heavy atom. The van der Waals surface area contributed by atoms with Gasteiger partial charge in [-0.15, -0.1) is 0 Å². The van der Waals surface area contributed by atoms with Crippen LogP contribution in [-0.4, -0.2) is 30.1 Å². The largest absolute Gasteiger partial charge is 0.481 e. The Labute approximate surface area is 111 Å². The maximum atomic E-state index is 11.3. The van der Waals surface area contributed by atoms with E-state index in [2.05, 4.69) is 5.32 Å². The first-order chi connectivity index (χ1) is 9.18. The van der Waals surface area contributed by atoms with Crippen molar-refractivity contribution in [2.24, 2.45) is 0 Å². The highest BCUT2D eigenvalue weighted by molar-refractivity contribution is 5.76. The van der Waals surface area contributed by atoms with E-state index < -0.39 is 5.97 Å². The van der Waals surface area contributed by atoms with Crippen LogP contribution in [0, 0.1) is 0 Å². The Balaban J connectivity index is 1.90. The summed E-state index contributed by atoms with van der Waals surface area (Å²) in [5.41, 5.74) is 0. The number of rotatable bonds is 10. The van der Waals surface area contributed by atoms with Crippen molar-refractivity contribution in [3.8, 4) is 0 Å². The molecular formula is C13H19NO5. The second kappa shape index (κ2) is 9.16. The lowest BCUT2D eigenvalue weighted by molar-refractivity contribution is -0.137. The van der Waals surface area contributed by atoms with Crippen LogP contribution in [0.2, 0.25) is 0 Å². The molecule has 1 heterocycles. The third-order valence-electron chi connectivity index (χ3n) is 2.41. The summed E-state index contributed by atoms with van der Waals surface area (Å²) in [5, 5.41) is 11.1. The average molecular weight is 269 g/mol. The highest BCUT2D eigenvalue weighted by Gasteiger charge is 2.03. The van der Waals surface area contributed by atoms with Gasteiger partial charge in [0, 0.05) is 26.0 Å². The van der Waals surface area contributed by atoms with Gasteiger partial charge in [0.05, 0.1) is 6.26 Å². The van der Waals surface area contributed by atoms with E-state index in [1.807, 2.05) is 6.07 Å². The minimum atomic E-state index is -0.876. The molecule has 2 N–H and O–H groups in total. The number of hydrogen-bond donors (Lipinski definition) is 2. The van der Waals surface area contributed by atoms with E-state index in [-0.39, 0.29) is 18.7 Å². The third kappa shape index (κ3) is 7.99. The Kier molecular flexibility index (Phi) is 7.34. The summed E-state index contributed by atoms with van der Waals surface area (Å²) in [7, 11) is 0. The van der Waals surface area contributed by atoms with Crippen LogP contribution in [0.1, 0.15) is 31.4 Å². The monoisotopic (exact) mass is 269 g/mol. The summed E-state index contributed by atoms with van der Waals surface area (Å²) in [5.74, 6) is -0.218. The lowest BCUT2D eigenvalue weighted by atomic mass is 10.2. The number of aliphatic carboxylic acids is 1. The molecule has 0 aliphatic rings. The molecule has 0 spiro atoms. The first-order valence-corrected chi connectivity index (χ1v) is 6.27. The van der Waals surface area contributed by atoms with Crippen LogP contribution in [0.25, 0.3) is 0 Å². The summed E-state index contributed by atoms with van der Waals surface area (Å²) in [4.78, 5) is 21.5. The quantitative estimate of drug-likeness (QED) is 0.629. The van der Waals surface area contributed by atoms with Gasteiger partial charge in [0.2, 0.25) is 5.91 Å². The van der Waals surface area contributed by atoms with Gasteiger partial charge in [0.15, 0.2) is 0 Å². The van der Waals surface area contributed by atoms with Crippen LogP contribution in [0.5, 0.6) is 0 Å². The molecule has 0 saturated carbocycles. The maximum absolute atomic E-state index is 11.3. The van der Waals surface area contributed by atoms with Gasteiger partial charge in [-0.2, -0.15) is 0 Å². The second-order valence-corrected chi connectivity index (χ2v) is 4.08. The van der Waals surface area contributed by atoms with Crippen molar-refractivity contribution in [3.63, 3.8) is 0 Å². The minimum absolute atomic E-state index is 0.0275. The predicted molar refractivity (Wildman–Crippen MR) is 67.5 cm³/mol. The number of carboxylic acids is 1. The summed E-state index contributed by atoms with van der Waals surface area (Å²) < 4.78 is 10.4. The van der Waals surface area contributed by atoms with Gasteiger partial charge < -0.3 is 19.6 Å². The second-order valence-electron chi connectivity index (χ2n) is 4.08. The van der Waals surface area contributed by atoms with Gasteiger partial charge >= 0.3 is 5.97 Å². The van der Waals surface area contributed by atoms with E-state index in [1.54, 1.807) is 12.3 Å². The molecule has 0 bridgehead atoms. The fourth-order valence-corrected chi connectivity index (χ4v) is 1.46. The van der Waals surface area contributed by atoms with Crippen molar-refractivity contribution in [2.45, 2.75) is 32.3 Å². The zero-order valence-electron chi connectivity index (χ0n) is 10.8. The van der Waals surface area contributed by atoms with Crippen LogP contribution >= 0.6 is 0 Å². The highest BCUT2D eigenvalue weighted by Crippen LogP contribution is 2.01. The molecule has 1 rings (SSSR count). The lowest BCUT2D eigenvalue weighted by Gasteiger charge is -2.05. The number of nitrogens with one attached hydrogen (secondary N) is 1. The molecule has 1 amide bonds. The van der Waals surface area contributed by atoms with Crippen molar-refractivity contribution in [2.75, 3.05) is 13.2 Å². The molecule has 6 nitrogen and oxygen atoms in total. The Hall–Kier alpha value is -1.82. The van der Waals surface area contributed by atoms with Gasteiger partial charge in [-0.05, 0) is 25.0 Å². The normalized spacial score (nSPS) is 10.3. The molecule has 1 aromatic heterocycles. The topological polar surface area (TPSA) is 88.8 Å². The molecule has 0 atom stereocenters. The molecule has 0 fully saturated rings. The number of ether oxygens (including phenoxy) is 1. The van der Waals surface area contributed by atoms with Crippen LogP contribution in [0.4, 0.5) is 0 Å². The predicted octanol–water partition coefficient (Wildman–Crippen LogP) is 1.56. The Morgan fingerprint density at radius 2 is 2.16 bits per heavy atom. The van der Waals surface area contributed by atoms with E-state index in [4.69, 9.17) is 14.3 Å². The van der Waals surface area contributed by atoms with E-state index in [0.29, 0.717) is 32.6 Å². The SMILES string of the molecule is O=C(O)CCCC(=O)NCCCOCc1ccco1. The number of carbonyl (C=O) groups excluding carboxylic acids is 1. The third-order valence-corrected chi connectivity index (χ3v) is 2.41. The Bertz CT molecular complexity index is 374. The first-order valence-electron chi connectivity index (χ1n) is 6.27. The maximum Gasteiger partial charge on any atom is 0.303 e. The molecule has 0 radical (unpaired) electrons. The zero-order valence-corrected chi connectivity index (χ0v) is 10.8. The Morgan fingerprint density at radius 3 is 2.84 bits per heavy atom. The number of hydrogen-bond acceptors (Lipinski definition) is 4. The molecule has 0 aliphatic heterocycles. The summed E-state index contributed by atoms with van der Waals surface area (Å²) in [6.45, 7) is 1.50. The standard InChI is InChI=1S/C13H19NO5/c15-12(5-1-6-13(16)17)14-7-3-8-18-10-11-4-2-9-19-11/h2,4,9H,1,3,5-8,10H2,(H,14,15)(H,16,17). The molecule has 0 saturated heterocycles. The fraction of sp³-hybridized carbons (Fsp3) is 0.538. The average Bonchev–Trinajstić information content (AvgIpc) is 2.86. The zero-order chi connectivity index (χ0) is 13.9. The van der Waals surface area contributed by atoms with Crippen LogP contribution in [-0.2, 0) is 20.9 Å². The van der Waals surface area contributed by atoms with Gasteiger partial charge in [0.25, 0.3) is 0 Å². The van der Waals surface area contributed by atoms with Gasteiger partial charge in [0.1, 0.15) is 12.4 Å². The van der Waals surface area contributed by atoms with Crippen LogP contribution in [0.15, 0.2) is 22.8 Å². The summed E-state index contributed by atoms with van der Waals surface area (Å²) >= 11 is 0. The number of furan rings is 1. The van der Waals surface area contributed by atoms with Crippen molar-refractivity contribution >= 4 is 11.9 Å². The first kappa shape index (κ1) is 15.2. The van der Waals surface area contributed by atoms with Gasteiger partial charge in [-0.25, -0.2) is 0 Å². The molecule has 106 valence electrons. The molecule has 0 aliphatic carbocycles. The molecule has 1 aromatic rings. The van der Waals surface area contributed by atoms with Crippen molar-refractivity contribution < 1.29 is 23.8 Å². The smallest absolute Gasteiger partial charge is 0.303 e. The van der Waals surface area contributed by atoms with Crippen LogP contribution in [0.3, 0.4) is 0 Å². The van der Waals surface area contributed by atoms with Crippen LogP contribution < -0.4 is 5.32 Å². The van der Waals surface area contributed by atoms with Crippen molar-refractivity contribution in [1.82, 2.24) is 5.32 Å². The number of carbonyl (C=O) groups is 2. The van der Waals surface area contributed by atoms with Crippen molar-refractivity contribution in [3.05, 3.63) is 24.2 Å². The number of amides is 1. The van der Waals surface area contributed by atoms with Gasteiger partial charge in [-0.1, -0.05) is 0 Å². The summed E-state index contributed by atoms with van der Waals surface area (Å²) in [6, 6.07) is 3.64. The molecule has 0 unspecified atom stereocenters. The highest BCUT2D eigenvalue weighted by atomic mass is 16.5. The molecule has 0 aromatic carbocycles. The van der Waals surface area contributed by atoms with E-state index >= 15 is 0 Å². The van der Waals surface area contributed by atoms with E-state index in [9.17, 15) is 9.59 Å². The number of carboxylic acid groups (broad SMARTS) is 1. The lowest BCUT2D eigenvalue weighted by Crippen LogP contribution is -2.25. The minimum Gasteiger partial charge on any atom is -0.481 e. The molecule has 6 heteroatoms. The van der Waals surface area contributed by atoms with Gasteiger partial charge in [-0.3, -0.25) is 9.59 Å². The fourth-order valence-electron chi connectivity index (χ4n) is 1.46. The van der Waals surface area contributed by atoms with Crippen molar-refractivity contribution in [1.29, 1.82) is 0 Å². The summed E-state index contributed by atoms with van der Waals surface area (Å²) in [6.07, 6.45) is 2.96. The molecule has 19 heavy (non-hydrogen) atoms. The van der Waals surface area contributed by atoms with E-state index in [0.717, 1.165) is 5.76 Å². The van der Waals surface area contributed by atoms with E-state index in [1.165, 1.54) is 0 Å². The molecular weight excluding hydrogens is 250 g/mol.